The zero-order valence-corrected chi connectivity index (χ0v) is 17.6. The van der Waals surface area contributed by atoms with Crippen molar-refractivity contribution >= 4 is 29.0 Å². The lowest BCUT2D eigenvalue weighted by Gasteiger charge is -2.16. The van der Waals surface area contributed by atoms with Crippen LogP contribution in [0.2, 0.25) is 0 Å². The fourth-order valence-corrected chi connectivity index (χ4v) is 3.97. The number of aliphatic carboxylic acids is 1. The first-order valence-electron chi connectivity index (χ1n) is 9.20. The van der Waals surface area contributed by atoms with E-state index in [1.54, 1.807) is 13.2 Å². The summed E-state index contributed by atoms with van der Waals surface area (Å²) in [5, 5.41) is 24.0. The third-order valence-corrected chi connectivity index (χ3v) is 5.74. The van der Waals surface area contributed by atoms with Crippen molar-refractivity contribution in [3.8, 4) is 21.9 Å². The second-order valence-corrected chi connectivity index (χ2v) is 7.79. The second-order valence-electron chi connectivity index (χ2n) is 6.67. The van der Waals surface area contributed by atoms with E-state index in [1.165, 1.54) is 35.2 Å². The number of nitrogens with one attached hydrogen (secondary N) is 2. The lowest BCUT2D eigenvalue weighted by atomic mass is 10.1. The predicted octanol–water partition coefficient (Wildman–Crippen LogP) is 3.17. The highest BCUT2D eigenvalue weighted by molar-refractivity contribution is 7.15. The molecule has 0 bridgehead atoms. The number of aryl methyl sites for hydroxylation is 1. The summed E-state index contributed by atoms with van der Waals surface area (Å²) in [7, 11) is 3.05. The molecule has 2 aromatic heterocycles. The third kappa shape index (κ3) is 5.23. The number of ether oxygens (including phenoxy) is 1. The second kappa shape index (κ2) is 9.35. The van der Waals surface area contributed by atoms with Crippen LogP contribution in [0.3, 0.4) is 0 Å². The van der Waals surface area contributed by atoms with E-state index in [0.29, 0.717) is 10.6 Å². The Labute approximate surface area is 181 Å². The highest BCUT2D eigenvalue weighted by Crippen LogP contribution is 2.34. The van der Waals surface area contributed by atoms with Crippen LogP contribution >= 0.6 is 11.3 Å². The number of hydrogen-bond acceptors (Lipinski definition) is 6. The zero-order chi connectivity index (χ0) is 22.5. The van der Waals surface area contributed by atoms with Gasteiger partial charge in [-0.2, -0.15) is 0 Å². The van der Waals surface area contributed by atoms with Crippen LogP contribution in [0.15, 0.2) is 53.5 Å². The van der Waals surface area contributed by atoms with Gasteiger partial charge in [0.05, 0.1) is 19.6 Å². The molecule has 4 N–H and O–H groups in total. The number of aromatic hydroxyl groups is 1. The largest absolute Gasteiger partial charge is 0.505 e. The molecule has 0 radical (unpaired) electrons. The van der Waals surface area contributed by atoms with E-state index in [1.807, 2.05) is 30.3 Å². The Morgan fingerprint density at radius 3 is 2.71 bits per heavy atom. The Hall–Kier alpha value is -3.79. The number of thiophene rings is 1. The quantitative estimate of drug-likeness (QED) is 0.444. The van der Waals surface area contributed by atoms with Crippen molar-refractivity contribution in [1.82, 2.24) is 9.88 Å². The van der Waals surface area contributed by atoms with E-state index >= 15 is 0 Å². The lowest BCUT2D eigenvalue weighted by Crippen LogP contribution is -2.35. The number of urea groups is 1. The number of carboxylic acids is 1. The van der Waals surface area contributed by atoms with Gasteiger partial charge >= 0.3 is 12.0 Å². The molecule has 1 atom stereocenters. The number of pyridine rings is 1. The van der Waals surface area contributed by atoms with E-state index in [0.717, 1.165) is 10.4 Å². The van der Waals surface area contributed by atoms with Crippen LogP contribution in [0, 0.1) is 0 Å². The molecule has 1 aromatic carbocycles. The van der Waals surface area contributed by atoms with Crippen LogP contribution in [0.1, 0.15) is 17.3 Å². The fraction of sp³-hybridized carbons (Fsp3) is 0.190. The first-order chi connectivity index (χ1) is 14.8. The molecule has 9 nitrogen and oxygen atoms in total. The molecule has 0 saturated heterocycles. The van der Waals surface area contributed by atoms with Gasteiger partial charge < -0.3 is 30.2 Å². The minimum absolute atomic E-state index is 0.292. The molecule has 0 aliphatic carbocycles. The maximum Gasteiger partial charge on any atom is 0.320 e. The van der Waals surface area contributed by atoms with Gasteiger partial charge in [0.25, 0.3) is 5.56 Å². The van der Waals surface area contributed by atoms with Crippen LogP contribution in [0.4, 0.5) is 10.5 Å². The maximum atomic E-state index is 12.5. The number of methoxy groups -OCH3 is 1. The molecule has 0 saturated carbocycles. The Morgan fingerprint density at radius 2 is 2.00 bits per heavy atom. The van der Waals surface area contributed by atoms with Gasteiger partial charge in [-0.25, -0.2) is 4.79 Å². The van der Waals surface area contributed by atoms with Crippen LogP contribution in [0.25, 0.3) is 10.4 Å². The molecule has 0 aliphatic heterocycles. The van der Waals surface area contributed by atoms with Gasteiger partial charge in [0.1, 0.15) is 11.5 Å². The van der Waals surface area contributed by atoms with Crippen molar-refractivity contribution in [1.29, 1.82) is 0 Å². The van der Waals surface area contributed by atoms with Gasteiger partial charge in [0, 0.05) is 23.0 Å². The number of amides is 2. The summed E-state index contributed by atoms with van der Waals surface area (Å²) in [5.41, 5.74) is 0.00743. The van der Waals surface area contributed by atoms with Crippen molar-refractivity contribution in [3.05, 3.63) is 63.9 Å². The highest BCUT2D eigenvalue weighted by atomic mass is 32.1. The van der Waals surface area contributed by atoms with Gasteiger partial charge in [-0.1, -0.05) is 12.1 Å². The number of nitrogens with zero attached hydrogens (tertiary/aromatic N) is 1. The minimum atomic E-state index is -1.10. The summed E-state index contributed by atoms with van der Waals surface area (Å²) in [6.45, 7) is 0. The molecule has 0 aliphatic rings. The van der Waals surface area contributed by atoms with Crippen LogP contribution < -0.4 is 20.9 Å². The Bertz CT molecular complexity index is 1170. The Morgan fingerprint density at radius 1 is 1.23 bits per heavy atom. The monoisotopic (exact) mass is 443 g/mol. The van der Waals surface area contributed by atoms with E-state index in [9.17, 15) is 24.6 Å². The normalized spacial score (nSPS) is 11.5. The van der Waals surface area contributed by atoms with Gasteiger partial charge in [0.15, 0.2) is 5.69 Å². The standard InChI is InChI=1S/C21H21N3O6S/c1-24-9-8-15(25)19(20(24)28)23-21(29)22-14(11-18(26)27)17-7-6-16(31-17)12-4-3-5-13(10-12)30-2/h3-10,14,25H,11H2,1-2H3,(H,26,27)(H2,22,23,29). The van der Waals surface area contributed by atoms with Crippen LogP contribution in [-0.4, -0.2) is 33.9 Å². The average Bonchev–Trinajstić information content (AvgIpc) is 3.23. The molecule has 3 rings (SSSR count). The molecular weight excluding hydrogens is 422 g/mol. The molecule has 0 fully saturated rings. The van der Waals surface area contributed by atoms with Crippen LogP contribution in [-0.2, 0) is 11.8 Å². The number of aromatic nitrogens is 1. The first-order valence-corrected chi connectivity index (χ1v) is 10.0. The first kappa shape index (κ1) is 21.9. The van der Waals surface area contributed by atoms with Gasteiger partial charge in [-0.05, 0) is 35.9 Å². The number of hydrogen-bond donors (Lipinski definition) is 4. The molecule has 2 amide bonds. The lowest BCUT2D eigenvalue weighted by molar-refractivity contribution is -0.137. The fourth-order valence-electron chi connectivity index (χ4n) is 2.91. The summed E-state index contributed by atoms with van der Waals surface area (Å²) in [5.74, 6) is -0.791. The molecule has 0 spiro atoms. The molecule has 3 aromatic rings. The van der Waals surface area contributed by atoms with Gasteiger partial charge in [-0.3, -0.25) is 9.59 Å². The predicted molar refractivity (Wildman–Crippen MR) is 117 cm³/mol. The molecule has 1 unspecified atom stereocenters. The van der Waals surface area contributed by atoms with E-state index in [-0.39, 0.29) is 17.9 Å². The zero-order valence-electron chi connectivity index (χ0n) is 16.8. The summed E-state index contributed by atoms with van der Waals surface area (Å²) < 4.78 is 6.43. The van der Waals surface area contributed by atoms with E-state index in [4.69, 9.17) is 4.74 Å². The number of carbonyl (C=O) groups excluding carboxylic acids is 1. The van der Waals surface area contributed by atoms with Crippen molar-refractivity contribution < 1.29 is 24.5 Å². The molecular formula is C21H21N3O6S. The number of anilines is 1. The summed E-state index contributed by atoms with van der Waals surface area (Å²) in [6, 6.07) is 10.6. The van der Waals surface area contributed by atoms with Crippen LogP contribution in [0.5, 0.6) is 11.5 Å². The molecule has 10 heteroatoms. The summed E-state index contributed by atoms with van der Waals surface area (Å²) in [6.07, 6.45) is 1.00. The van der Waals surface area contributed by atoms with E-state index in [2.05, 4.69) is 10.6 Å². The highest BCUT2D eigenvalue weighted by Gasteiger charge is 2.22. The summed E-state index contributed by atoms with van der Waals surface area (Å²) >= 11 is 1.34. The number of benzene rings is 1. The molecule has 162 valence electrons. The Balaban J connectivity index is 1.82. The third-order valence-electron chi connectivity index (χ3n) is 4.49. The van der Waals surface area contributed by atoms with Crippen molar-refractivity contribution in [2.45, 2.75) is 12.5 Å². The SMILES string of the molecule is COc1cccc(-c2ccc(C(CC(=O)O)NC(=O)Nc3c(O)ccn(C)c3=O)s2)c1. The van der Waals surface area contributed by atoms with Gasteiger partial charge in [-0.15, -0.1) is 11.3 Å². The average molecular weight is 443 g/mol. The maximum absolute atomic E-state index is 12.5. The number of carbonyl (C=O) groups is 2. The molecule has 31 heavy (non-hydrogen) atoms. The van der Waals surface area contributed by atoms with Crippen molar-refractivity contribution in [2.75, 3.05) is 12.4 Å². The smallest absolute Gasteiger partial charge is 0.320 e. The van der Waals surface area contributed by atoms with Crippen molar-refractivity contribution in [3.63, 3.8) is 0 Å². The summed E-state index contributed by atoms with van der Waals surface area (Å²) in [4.78, 5) is 37.5. The topological polar surface area (TPSA) is 130 Å². The van der Waals surface area contributed by atoms with Gasteiger partial charge in [0.2, 0.25) is 0 Å². The van der Waals surface area contributed by atoms with E-state index < -0.39 is 23.6 Å². The Kier molecular flexibility index (Phi) is 6.61. The number of rotatable bonds is 7. The number of carboxylic acid groups (broad SMARTS) is 1. The minimum Gasteiger partial charge on any atom is -0.505 e. The molecule has 2 heterocycles. The van der Waals surface area contributed by atoms with Crippen molar-refractivity contribution in [2.24, 2.45) is 7.05 Å².